The van der Waals surface area contributed by atoms with Crippen LogP contribution in [0.2, 0.25) is 0 Å². The summed E-state index contributed by atoms with van der Waals surface area (Å²) < 4.78 is 13.1. The van der Waals surface area contributed by atoms with Gasteiger partial charge in [-0.2, -0.15) is 10.1 Å². The van der Waals surface area contributed by atoms with Crippen LogP contribution < -0.4 is 20.1 Å². The van der Waals surface area contributed by atoms with E-state index >= 15 is 0 Å². The van der Waals surface area contributed by atoms with Gasteiger partial charge >= 0.3 is 0 Å². The number of aryl methyl sites for hydroxylation is 2. The number of ether oxygens (including phenoxy) is 2. The molecule has 0 bridgehead atoms. The van der Waals surface area contributed by atoms with Crippen molar-refractivity contribution in [2.24, 2.45) is 0 Å². The van der Waals surface area contributed by atoms with Crippen LogP contribution in [-0.4, -0.2) is 58.3 Å². The molecule has 10 heteroatoms. The van der Waals surface area contributed by atoms with Crippen LogP contribution >= 0.6 is 0 Å². The van der Waals surface area contributed by atoms with E-state index in [9.17, 15) is 9.59 Å². The van der Waals surface area contributed by atoms with Gasteiger partial charge in [0.05, 0.1) is 12.7 Å². The second-order valence-corrected chi connectivity index (χ2v) is 9.13. The molecule has 4 rings (SSSR count). The SMILES string of the molecule is CCN(CC)C(=O)COc1ccc(C2C(C(=O)Nc3ccc(C)cc3C)=C(C)Nc3ncnn32)cc1OC. The number of nitrogens with one attached hydrogen (secondary N) is 2. The lowest BCUT2D eigenvalue weighted by atomic mass is 9.94. The summed E-state index contributed by atoms with van der Waals surface area (Å²) in [6.07, 6.45) is 1.45. The molecule has 0 radical (unpaired) electrons. The number of carbonyl (C=O) groups excluding carboxylic acids is 2. The number of hydrogen-bond donors (Lipinski definition) is 2. The first-order valence-corrected chi connectivity index (χ1v) is 12.6. The smallest absolute Gasteiger partial charge is 0.260 e. The van der Waals surface area contributed by atoms with Crippen molar-refractivity contribution in [3.63, 3.8) is 0 Å². The summed E-state index contributed by atoms with van der Waals surface area (Å²) in [4.78, 5) is 32.1. The van der Waals surface area contributed by atoms with Crippen LogP contribution in [0.25, 0.3) is 0 Å². The van der Waals surface area contributed by atoms with Gasteiger partial charge in [0.1, 0.15) is 12.4 Å². The summed E-state index contributed by atoms with van der Waals surface area (Å²) in [5, 5.41) is 10.6. The second kappa shape index (κ2) is 11.4. The third kappa shape index (κ3) is 5.34. The molecule has 2 heterocycles. The Morgan fingerprint density at radius 3 is 2.53 bits per heavy atom. The first-order chi connectivity index (χ1) is 18.3. The molecule has 2 N–H and O–H groups in total. The fourth-order valence-electron chi connectivity index (χ4n) is 4.62. The molecule has 3 aromatic rings. The Hall–Kier alpha value is -4.34. The molecule has 0 fully saturated rings. The van der Waals surface area contributed by atoms with E-state index in [2.05, 4.69) is 20.7 Å². The molecule has 0 aliphatic carbocycles. The summed E-state index contributed by atoms with van der Waals surface area (Å²) in [6.45, 7) is 10.8. The van der Waals surface area contributed by atoms with Crippen LogP contribution in [0.1, 0.15) is 43.5 Å². The van der Waals surface area contributed by atoms with E-state index in [0.29, 0.717) is 41.8 Å². The lowest BCUT2D eigenvalue weighted by molar-refractivity contribution is -0.133. The van der Waals surface area contributed by atoms with Gasteiger partial charge in [-0.3, -0.25) is 9.59 Å². The zero-order valence-corrected chi connectivity index (χ0v) is 22.7. The molecule has 200 valence electrons. The van der Waals surface area contributed by atoms with Crippen molar-refractivity contribution in [3.05, 3.63) is 70.7 Å². The number of anilines is 2. The van der Waals surface area contributed by atoms with Crippen molar-refractivity contribution in [1.82, 2.24) is 19.7 Å². The lowest BCUT2D eigenvalue weighted by Gasteiger charge is -2.29. The van der Waals surface area contributed by atoms with E-state index in [0.717, 1.165) is 22.4 Å². The van der Waals surface area contributed by atoms with E-state index in [-0.39, 0.29) is 18.4 Å². The van der Waals surface area contributed by atoms with Gasteiger partial charge < -0.3 is 25.0 Å². The van der Waals surface area contributed by atoms with Gasteiger partial charge in [-0.1, -0.05) is 23.8 Å². The minimum atomic E-state index is -0.570. The van der Waals surface area contributed by atoms with E-state index in [1.54, 1.807) is 21.7 Å². The maximum absolute atomic E-state index is 13.7. The van der Waals surface area contributed by atoms with E-state index in [1.165, 1.54) is 13.4 Å². The van der Waals surface area contributed by atoms with Gasteiger partial charge in [-0.05, 0) is 63.9 Å². The van der Waals surface area contributed by atoms with Crippen molar-refractivity contribution < 1.29 is 19.1 Å². The summed E-state index contributed by atoms with van der Waals surface area (Å²) in [5.41, 5.74) is 4.75. The van der Waals surface area contributed by atoms with Crippen molar-refractivity contribution in [1.29, 1.82) is 0 Å². The number of carbonyl (C=O) groups is 2. The summed E-state index contributed by atoms with van der Waals surface area (Å²) in [6, 6.07) is 10.7. The van der Waals surface area contributed by atoms with Crippen LogP contribution in [-0.2, 0) is 9.59 Å². The number of benzene rings is 2. The molecule has 2 amide bonds. The number of likely N-dealkylation sites (N-methyl/N-ethyl adjacent to an activating group) is 1. The van der Waals surface area contributed by atoms with E-state index in [4.69, 9.17) is 9.47 Å². The second-order valence-electron chi connectivity index (χ2n) is 9.13. The molecule has 10 nitrogen and oxygen atoms in total. The predicted octanol–water partition coefficient (Wildman–Crippen LogP) is 4.08. The maximum Gasteiger partial charge on any atom is 0.260 e. The number of aromatic nitrogens is 3. The zero-order valence-electron chi connectivity index (χ0n) is 22.7. The number of rotatable bonds is 9. The van der Waals surface area contributed by atoms with Crippen molar-refractivity contribution >= 4 is 23.5 Å². The Morgan fingerprint density at radius 1 is 1.08 bits per heavy atom. The average molecular weight is 519 g/mol. The topological polar surface area (TPSA) is 111 Å². The van der Waals surface area contributed by atoms with Gasteiger partial charge in [0.15, 0.2) is 18.1 Å². The van der Waals surface area contributed by atoms with Gasteiger partial charge in [0.2, 0.25) is 5.95 Å². The number of methoxy groups -OCH3 is 1. The number of nitrogens with zero attached hydrogens (tertiary/aromatic N) is 4. The van der Waals surface area contributed by atoms with Gasteiger partial charge in [-0.25, -0.2) is 4.68 Å². The fraction of sp³-hybridized carbons (Fsp3) is 0.357. The minimum absolute atomic E-state index is 0.0967. The maximum atomic E-state index is 13.7. The molecule has 1 unspecified atom stereocenters. The average Bonchev–Trinajstić information content (AvgIpc) is 3.36. The van der Waals surface area contributed by atoms with Crippen LogP contribution in [0.4, 0.5) is 11.6 Å². The fourth-order valence-corrected chi connectivity index (χ4v) is 4.62. The van der Waals surface area contributed by atoms with Crippen molar-refractivity contribution in [2.75, 3.05) is 37.4 Å². The Bertz CT molecular complexity index is 1380. The summed E-state index contributed by atoms with van der Waals surface area (Å²) in [5.74, 6) is 1.06. The van der Waals surface area contributed by atoms with Crippen LogP contribution in [0, 0.1) is 13.8 Å². The van der Waals surface area contributed by atoms with Crippen molar-refractivity contribution in [2.45, 2.75) is 40.7 Å². The highest BCUT2D eigenvalue weighted by Crippen LogP contribution is 2.39. The molecule has 0 saturated carbocycles. The van der Waals surface area contributed by atoms with Crippen molar-refractivity contribution in [3.8, 4) is 11.5 Å². The molecule has 1 atom stereocenters. The number of fused-ring (bicyclic) bond motifs is 1. The van der Waals surface area contributed by atoms with Gasteiger partial charge in [0, 0.05) is 24.5 Å². The normalized spacial score (nSPS) is 14.4. The minimum Gasteiger partial charge on any atom is -0.493 e. The third-order valence-corrected chi connectivity index (χ3v) is 6.64. The van der Waals surface area contributed by atoms with Crippen LogP contribution in [0.15, 0.2) is 54.0 Å². The highest BCUT2D eigenvalue weighted by Gasteiger charge is 2.34. The molecular weight excluding hydrogens is 484 g/mol. The Morgan fingerprint density at radius 2 is 1.84 bits per heavy atom. The predicted molar refractivity (Wildman–Crippen MR) is 145 cm³/mol. The van der Waals surface area contributed by atoms with Crippen LogP contribution in [0.5, 0.6) is 11.5 Å². The first-order valence-electron chi connectivity index (χ1n) is 12.6. The van der Waals surface area contributed by atoms with Gasteiger partial charge in [-0.15, -0.1) is 0 Å². The number of hydrogen-bond acceptors (Lipinski definition) is 7. The highest BCUT2D eigenvalue weighted by molar-refractivity contribution is 6.06. The van der Waals surface area contributed by atoms with E-state index in [1.807, 2.05) is 58.9 Å². The van der Waals surface area contributed by atoms with E-state index < -0.39 is 6.04 Å². The molecule has 38 heavy (non-hydrogen) atoms. The molecular formula is C28H34N6O4. The summed E-state index contributed by atoms with van der Waals surface area (Å²) in [7, 11) is 1.54. The molecule has 2 aromatic carbocycles. The Labute approximate surface area is 222 Å². The molecule has 1 aliphatic rings. The standard InChI is InChI=1S/C28H34N6O4/c1-7-33(8-2)24(35)15-38-22-12-10-20(14-23(22)37-6)26-25(19(5)31-28-29-16-30-34(26)28)27(36)32-21-11-9-17(3)13-18(21)4/h9-14,16,26H,7-8,15H2,1-6H3,(H,32,36)(H,29,30,31). The third-order valence-electron chi connectivity index (χ3n) is 6.64. The number of amides is 2. The molecule has 1 aliphatic heterocycles. The molecule has 1 aromatic heterocycles. The zero-order chi connectivity index (χ0) is 27.4. The van der Waals surface area contributed by atoms with Gasteiger partial charge in [0.25, 0.3) is 11.8 Å². The molecule has 0 spiro atoms. The lowest BCUT2D eigenvalue weighted by Crippen LogP contribution is -2.34. The summed E-state index contributed by atoms with van der Waals surface area (Å²) >= 11 is 0. The number of allylic oxidation sites excluding steroid dienone is 1. The largest absolute Gasteiger partial charge is 0.493 e. The Balaban J connectivity index is 1.67. The molecule has 0 saturated heterocycles. The quantitative estimate of drug-likeness (QED) is 0.439. The monoisotopic (exact) mass is 518 g/mol. The Kier molecular flexibility index (Phi) is 7.99. The first kappa shape index (κ1) is 26.7. The highest BCUT2D eigenvalue weighted by atomic mass is 16.5. The van der Waals surface area contributed by atoms with Crippen LogP contribution in [0.3, 0.4) is 0 Å².